The van der Waals surface area contributed by atoms with E-state index in [1.807, 2.05) is 13.1 Å². The maximum absolute atomic E-state index is 5.56. The van der Waals surface area contributed by atoms with Gasteiger partial charge in [0.1, 0.15) is 12.4 Å². The summed E-state index contributed by atoms with van der Waals surface area (Å²) < 4.78 is 7.64. The first-order chi connectivity index (χ1) is 6.22. The Bertz CT molecular complexity index is 341. The summed E-state index contributed by atoms with van der Waals surface area (Å²) in [5, 5.41) is 3.21. The predicted octanol–water partition coefficient (Wildman–Crippen LogP) is 2.86. The van der Waals surface area contributed by atoms with Gasteiger partial charge >= 0.3 is 0 Å². The molecule has 2 rings (SSSR count). The van der Waals surface area contributed by atoms with Crippen molar-refractivity contribution in [1.29, 1.82) is 0 Å². The fraction of sp³-hybridized carbons (Fsp3) is 0.333. The lowest BCUT2D eigenvalue weighted by Crippen LogP contribution is -2.17. The number of rotatable bonds is 1. The molecule has 70 valence electrons. The number of benzene rings is 1. The van der Waals surface area contributed by atoms with E-state index >= 15 is 0 Å². The maximum atomic E-state index is 5.56. The van der Waals surface area contributed by atoms with Crippen LogP contribution in [0.3, 0.4) is 0 Å². The summed E-state index contributed by atoms with van der Waals surface area (Å²) in [6, 6.07) is 4.40. The Balaban J connectivity index is 2.51. The van der Waals surface area contributed by atoms with Gasteiger partial charge in [-0.1, -0.05) is 15.9 Å². The number of nitrogens with one attached hydrogen (secondary N) is 1. The second-order valence-electron chi connectivity index (χ2n) is 2.96. The van der Waals surface area contributed by atoms with Gasteiger partial charge in [0.2, 0.25) is 0 Å². The smallest absolute Gasteiger partial charge is 0.138 e. The van der Waals surface area contributed by atoms with Crippen LogP contribution in [-0.2, 0) is 0 Å². The highest BCUT2D eigenvalue weighted by Crippen LogP contribution is 2.40. The van der Waals surface area contributed by atoms with Gasteiger partial charge < -0.3 is 10.1 Å². The summed E-state index contributed by atoms with van der Waals surface area (Å²) in [6.45, 7) is 0.709. The van der Waals surface area contributed by atoms with Crippen LogP contribution < -0.4 is 10.1 Å². The topological polar surface area (TPSA) is 21.3 Å². The molecule has 0 amide bonds. The molecule has 1 aliphatic heterocycles. The lowest BCUT2D eigenvalue weighted by atomic mass is 10.1. The van der Waals surface area contributed by atoms with Crippen molar-refractivity contribution in [2.75, 3.05) is 13.7 Å². The van der Waals surface area contributed by atoms with Crippen molar-refractivity contribution in [2.24, 2.45) is 0 Å². The molecule has 1 atom stereocenters. The minimum Gasteiger partial charge on any atom is -0.490 e. The maximum Gasteiger partial charge on any atom is 0.138 e. The van der Waals surface area contributed by atoms with E-state index in [0.29, 0.717) is 12.6 Å². The number of fused-ring (bicyclic) bond motifs is 1. The molecule has 1 aliphatic rings. The highest BCUT2D eigenvalue weighted by atomic mass is 79.9. The number of ether oxygens (including phenoxy) is 1. The zero-order chi connectivity index (χ0) is 9.42. The monoisotopic (exact) mass is 305 g/mol. The largest absolute Gasteiger partial charge is 0.490 e. The quantitative estimate of drug-likeness (QED) is 0.861. The van der Waals surface area contributed by atoms with E-state index in [1.165, 1.54) is 5.56 Å². The van der Waals surface area contributed by atoms with E-state index in [-0.39, 0.29) is 0 Å². The number of hydrogen-bond donors (Lipinski definition) is 1. The first-order valence-electron chi connectivity index (χ1n) is 4.01. The summed E-state index contributed by atoms with van der Waals surface area (Å²) >= 11 is 6.93. The molecule has 0 radical (unpaired) electrons. The molecule has 1 unspecified atom stereocenters. The zero-order valence-corrected chi connectivity index (χ0v) is 10.3. The molecule has 0 fully saturated rings. The molecule has 1 heterocycles. The minimum atomic E-state index is 0.309. The molecule has 1 N–H and O–H groups in total. The van der Waals surface area contributed by atoms with Gasteiger partial charge in [0.05, 0.1) is 10.5 Å². The summed E-state index contributed by atoms with van der Waals surface area (Å²) in [5.74, 6) is 0.961. The van der Waals surface area contributed by atoms with Crippen LogP contribution in [0.1, 0.15) is 11.6 Å². The van der Waals surface area contributed by atoms with Crippen LogP contribution in [-0.4, -0.2) is 13.7 Å². The standard InChI is InChI=1S/C9H9Br2NO/c1-12-8-4-13-9-6(8)2-5(10)3-7(9)11/h2-3,8,12H,4H2,1H3. The SMILES string of the molecule is CNC1COc2c(Br)cc(Br)cc21. The first-order valence-corrected chi connectivity index (χ1v) is 5.60. The van der Waals surface area contributed by atoms with E-state index in [2.05, 4.69) is 43.2 Å². The third-order valence-electron chi connectivity index (χ3n) is 2.16. The van der Waals surface area contributed by atoms with Crippen LogP contribution in [0.15, 0.2) is 21.1 Å². The molecule has 1 aromatic rings. The lowest BCUT2D eigenvalue weighted by molar-refractivity contribution is 0.317. The molecule has 4 heteroatoms. The molecule has 0 saturated heterocycles. The zero-order valence-electron chi connectivity index (χ0n) is 7.10. The van der Waals surface area contributed by atoms with Gasteiger partial charge in [0.15, 0.2) is 0 Å². The van der Waals surface area contributed by atoms with Gasteiger partial charge in [-0.2, -0.15) is 0 Å². The van der Waals surface area contributed by atoms with Crippen molar-refractivity contribution in [1.82, 2.24) is 5.32 Å². The van der Waals surface area contributed by atoms with Gasteiger partial charge in [-0.3, -0.25) is 0 Å². The van der Waals surface area contributed by atoms with Gasteiger partial charge in [0, 0.05) is 10.0 Å². The Morgan fingerprint density at radius 3 is 2.92 bits per heavy atom. The van der Waals surface area contributed by atoms with Crippen molar-refractivity contribution in [2.45, 2.75) is 6.04 Å². The van der Waals surface area contributed by atoms with E-state index in [9.17, 15) is 0 Å². The molecular formula is C9H9Br2NO. The van der Waals surface area contributed by atoms with Crippen molar-refractivity contribution >= 4 is 31.9 Å². The predicted molar refractivity (Wildman–Crippen MR) is 59.1 cm³/mol. The minimum absolute atomic E-state index is 0.309. The first kappa shape index (κ1) is 9.49. The molecular weight excluding hydrogens is 298 g/mol. The van der Waals surface area contributed by atoms with Crippen LogP contribution in [0.2, 0.25) is 0 Å². The van der Waals surface area contributed by atoms with Crippen LogP contribution in [0.5, 0.6) is 5.75 Å². The third-order valence-corrected chi connectivity index (χ3v) is 3.20. The van der Waals surface area contributed by atoms with Gasteiger partial charge in [-0.15, -0.1) is 0 Å². The third kappa shape index (κ3) is 1.63. The van der Waals surface area contributed by atoms with E-state index < -0.39 is 0 Å². The number of halogens is 2. The molecule has 2 nitrogen and oxygen atoms in total. The van der Waals surface area contributed by atoms with Gasteiger partial charge in [-0.25, -0.2) is 0 Å². The van der Waals surface area contributed by atoms with Crippen LogP contribution in [0.25, 0.3) is 0 Å². The molecule has 0 saturated carbocycles. The second-order valence-corrected chi connectivity index (χ2v) is 4.73. The Morgan fingerprint density at radius 1 is 1.46 bits per heavy atom. The van der Waals surface area contributed by atoms with Gasteiger partial charge in [0.25, 0.3) is 0 Å². The van der Waals surface area contributed by atoms with Crippen LogP contribution >= 0.6 is 31.9 Å². The Kier molecular flexibility index (Phi) is 2.62. The Morgan fingerprint density at radius 2 is 2.23 bits per heavy atom. The molecule has 1 aromatic carbocycles. The van der Waals surface area contributed by atoms with E-state index in [1.54, 1.807) is 0 Å². The summed E-state index contributed by atoms with van der Waals surface area (Å²) in [5.41, 5.74) is 1.21. The normalized spacial score (nSPS) is 19.8. The van der Waals surface area contributed by atoms with Crippen molar-refractivity contribution in [3.05, 3.63) is 26.6 Å². The molecule has 0 spiro atoms. The molecule has 13 heavy (non-hydrogen) atoms. The fourth-order valence-electron chi connectivity index (χ4n) is 1.49. The number of hydrogen-bond acceptors (Lipinski definition) is 2. The molecule has 0 aliphatic carbocycles. The fourth-order valence-corrected chi connectivity index (χ4v) is 2.86. The highest BCUT2D eigenvalue weighted by molar-refractivity contribution is 9.11. The van der Waals surface area contributed by atoms with E-state index in [4.69, 9.17) is 4.74 Å². The molecule has 0 aromatic heterocycles. The van der Waals surface area contributed by atoms with Crippen molar-refractivity contribution in [3.8, 4) is 5.75 Å². The van der Waals surface area contributed by atoms with Crippen LogP contribution in [0, 0.1) is 0 Å². The van der Waals surface area contributed by atoms with E-state index in [0.717, 1.165) is 14.7 Å². The molecule has 0 bridgehead atoms. The van der Waals surface area contributed by atoms with Crippen LogP contribution in [0.4, 0.5) is 0 Å². The Hall–Kier alpha value is -0.0600. The van der Waals surface area contributed by atoms with Gasteiger partial charge in [-0.05, 0) is 35.1 Å². The lowest BCUT2D eigenvalue weighted by Gasteiger charge is -2.06. The average Bonchev–Trinajstić information content (AvgIpc) is 2.47. The Labute approximate surface area is 93.9 Å². The summed E-state index contributed by atoms with van der Waals surface area (Å²) in [4.78, 5) is 0. The van der Waals surface area contributed by atoms with Crippen molar-refractivity contribution < 1.29 is 4.74 Å². The summed E-state index contributed by atoms with van der Waals surface area (Å²) in [7, 11) is 1.94. The second kappa shape index (κ2) is 3.59. The van der Waals surface area contributed by atoms with Crippen molar-refractivity contribution in [3.63, 3.8) is 0 Å². The highest BCUT2D eigenvalue weighted by Gasteiger charge is 2.24. The summed E-state index contributed by atoms with van der Waals surface area (Å²) in [6.07, 6.45) is 0. The number of likely N-dealkylation sites (N-methyl/N-ethyl adjacent to an activating group) is 1. The average molecular weight is 307 g/mol.